The van der Waals surface area contributed by atoms with Gasteiger partial charge in [-0.05, 0) is 63.6 Å². The summed E-state index contributed by atoms with van der Waals surface area (Å²) in [7, 11) is 0. The average Bonchev–Trinajstić information content (AvgIpc) is 3.28. The number of esters is 2. The first kappa shape index (κ1) is 25.5. The van der Waals surface area contributed by atoms with Crippen molar-refractivity contribution in [3.05, 3.63) is 60.2 Å². The van der Waals surface area contributed by atoms with E-state index in [0.717, 1.165) is 23.1 Å². The van der Waals surface area contributed by atoms with Gasteiger partial charge >= 0.3 is 11.9 Å². The molecule has 3 rings (SSSR count). The van der Waals surface area contributed by atoms with E-state index in [1.807, 2.05) is 54.6 Å². The van der Waals surface area contributed by atoms with Gasteiger partial charge in [-0.1, -0.05) is 54.6 Å². The molecule has 0 unspecified atom stereocenters. The maximum atomic E-state index is 13.6. The van der Waals surface area contributed by atoms with Gasteiger partial charge < -0.3 is 14.4 Å². The number of nitrogens with zero attached hydrogens (tertiary/aromatic N) is 1. The van der Waals surface area contributed by atoms with Gasteiger partial charge in [0.2, 0.25) is 5.91 Å². The number of ether oxygens (including phenoxy) is 2. The first-order valence-corrected chi connectivity index (χ1v) is 12.0. The van der Waals surface area contributed by atoms with Crippen molar-refractivity contribution in [3.8, 4) is 11.1 Å². The van der Waals surface area contributed by atoms with E-state index < -0.39 is 23.5 Å². The van der Waals surface area contributed by atoms with Crippen molar-refractivity contribution < 1.29 is 23.9 Å². The summed E-state index contributed by atoms with van der Waals surface area (Å²) >= 11 is 0. The molecule has 6 heteroatoms. The second-order valence-electron chi connectivity index (χ2n) is 9.70. The fourth-order valence-electron chi connectivity index (χ4n) is 4.33. The summed E-state index contributed by atoms with van der Waals surface area (Å²) in [4.78, 5) is 40.2. The zero-order valence-corrected chi connectivity index (χ0v) is 20.6. The Morgan fingerprint density at radius 3 is 2.26 bits per heavy atom. The first-order chi connectivity index (χ1) is 16.2. The molecule has 0 N–H and O–H groups in total. The van der Waals surface area contributed by atoms with Crippen molar-refractivity contribution in [2.45, 2.75) is 65.0 Å². The quantitative estimate of drug-likeness (QED) is 0.524. The number of likely N-dealkylation sites (tertiary alicyclic amines) is 1. The predicted octanol–water partition coefficient (Wildman–Crippen LogP) is 4.80. The molecule has 0 aliphatic carbocycles. The molecular weight excluding hydrogens is 430 g/mol. The molecule has 2 atom stereocenters. The third-order valence-electron chi connectivity index (χ3n) is 5.82. The van der Waals surface area contributed by atoms with Crippen molar-refractivity contribution in [3.63, 3.8) is 0 Å². The van der Waals surface area contributed by atoms with Crippen LogP contribution < -0.4 is 0 Å². The minimum atomic E-state index is -0.636. The maximum Gasteiger partial charge on any atom is 0.328 e. The van der Waals surface area contributed by atoms with Crippen LogP contribution in [0.15, 0.2) is 54.6 Å². The largest absolute Gasteiger partial charge is 0.464 e. The Labute approximate surface area is 202 Å². The van der Waals surface area contributed by atoms with Crippen LogP contribution in [0.25, 0.3) is 11.1 Å². The molecule has 2 aromatic rings. The number of hydrogen-bond donors (Lipinski definition) is 0. The van der Waals surface area contributed by atoms with Crippen LogP contribution in [0.1, 0.15) is 52.5 Å². The van der Waals surface area contributed by atoms with Gasteiger partial charge in [-0.25, -0.2) is 4.79 Å². The molecule has 0 radical (unpaired) electrons. The van der Waals surface area contributed by atoms with Crippen molar-refractivity contribution in [1.82, 2.24) is 4.90 Å². The highest BCUT2D eigenvalue weighted by atomic mass is 16.6. The van der Waals surface area contributed by atoms with Gasteiger partial charge in [0.05, 0.1) is 18.9 Å². The highest BCUT2D eigenvalue weighted by molar-refractivity contribution is 5.89. The Bertz CT molecular complexity index is 978. The number of amides is 1. The third-order valence-corrected chi connectivity index (χ3v) is 5.82. The SMILES string of the molecule is CCOC(=O)[C@@H]1CCCN1C(=O)[C@@H](CC(=O)OC(C)(C)C)Cc1ccc(-c2ccccc2)cc1. The minimum Gasteiger partial charge on any atom is -0.464 e. The van der Waals surface area contributed by atoms with E-state index in [2.05, 4.69) is 0 Å². The minimum absolute atomic E-state index is 0.0391. The predicted molar refractivity (Wildman–Crippen MR) is 131 cm³/mol. The molecule has 0 aromatic heterocycles. The summed E-state index contributed by atoms with van der Waals surface area (Å²) in [6.07, 6.45) is 1.66. The van der Waals surface area contributed by atoms with E-state index >= 15 is 0 Å². The van der Waals surface area contributed by atoms with Gasteiger partial charge in [0.15, 0.2) is 0 Å². The van der Waals surface area contributed by atoms with E-state index in [1.54, 1.807) is 32.6 Å². The van der Waals surface area contributed by atoms with Gasteiger partial charge in [0, 0.05) is 6.54 Å². The number of carbonyl (C=O) groups excluding carboxylic acids is 3. The van der Waals surface area contributed by atoms with Crippen LogP contribution in [0.3, 0.4) is 0 Å². The fraction of sp³-hybridized carbons (Fsp3) is 0.464. The third kappa shape index (κ3) is 6.92. The molecule has 1 aliphatic rings. The van der Waals surface area contributed by atoms with Gasteiger partial charge in [0.1, 0.15) is 11.6 Å². The zero-order chi connectivity index (χ0) is 24.7. The summed E-state index contributed by atoms with van der Waals surface area (Å²) in [5.41, 5.74) is 2.52. The number of benzene rings is 2. The number of rotatable bonds is 8. The molecule has 6 nitrogen and oxygen atoms in total. The van der Waals surface area contributed by atoms with Crippen LogP contribution in [0.2, 0.25) is 0 Å². The summed E-state index contributed by atoms with van der Waals surface area (Å²) < 4.78 is 10.7. The van der Waals surface area contributed by atoms with E-state index in [4.69, 9.17) is 9.47 Å². The lowest BCUT2D eigenvalue weighted by Gasteiger charge is -2.28. The van der Waals surface area contributed by atoms with Gasteiger partial charge in [-0.3, -0.25) is 9.59 Å². The lowest BCUT2D eigenvalue weighted by Crippen LogP contribution is -2.45. The second kappa shape index (κ2) is 11.3. The zero-order valence-electron chi connectivity index (χ0n) is 20.6. The lowest BCUT2D eigenvalue weighted by molar-refractivity contribution is -0.159. The van der Waals surface area contributed by atoms with Crippen molar-refractivity contribution >= 4 is 17.8 Å². The molecule has 0 spiro atoms. The summed E-state index contributed by atoms with van der Waals surface area (Å²) in [5, 5.41) is 0. The summed E-state index contributed by atoms with van der Waals surface area (Å²) in [5.74, 6) is -1.61. The van der Waals surface area contributed by atoms with Gasteiger partial charge in [-0.15, -0.1) is 0 Å². The molecule has 1 heterocycles. The molecule has 1 fully saturated rings. The van der Waals surface area contributed by atoms with E-state index in [-0.39, 0.29) is 24.9 Å². The molecule has 2 aromatic carbocycles. The van der Waals surface area contributed by atoms with Crippen molar-refractivity contribution in [2.24, 2.45) is 5.92 Å². The molecule has 0 bridgehead atoms. The van der Waals surface area contributed by atoms with Crippen LogP contribution in [-0.2, 0) is 30.3 Å². The van der Waals surface area contributed by atoms with E-state index in [0.29, 0.717) is 19.4 Å². The Kier molecular flexibility index (Phi) is 8.48. The second-order valence-corrected chi connectivity index (χ2v) is 9.70. The molecular formula is C28H35NO5. The maximum absolute atomic E-state index is 13.6. The molecule has 182 valence electrons. The highest BCUT2D eigenvalue weighted by Gasteiger charge is 2.39. The first-order valence-electron chi connectivity index (χ1n) is 12.0. The monoisotopic (exact) mass is 465 g/mol. The van der Waals surface area contributed by atoms with Crippen LogP contribution in [0.5, 0.6) is 0 Å². The van der Waals surface area contributed by atoms with Gasteiger partial charge in [0.25, 0.3) is 0 Å². The van der Waals surface area contributed by atoms with E-state index in [9.17, 15) is 14.4 Å². The molecule has 0 saturated carbocycles. The normalized spacial score (nSPS) is 16.7. The average molecular weight is 466 g/mol. The Hall–Kier alpha value is -3.15. The van der Waals surface area contributed by atoms with Crippen molar-refractivity contribution in [2.75, 3.05) is 13.2 Å². The smallest absolute Gasteiger partial charge is 0.328 e. The van der Waals surface area contributed by atoms with Crippen LogP contribution in [0, 0.1) is 5.92 Å². The van der Waals surface area contributed by atoms with Gasteiger partial charge in [-0.2, -0.15) is 0 Å². The van der Waals surface area contributed by atoms with Crippen molar-refractivity contribution in [1.29, 1.82) is 0 Å². The highest BCUT2D eigenvalue weighted by Crippen LogP contribution is 2.26. The lowest BCUT2D eigenvalue weighted by atomic mass is 9.93. The number of hydrogen-bond acceptors (Lipinski definition) is 5. The fourth-order valence-corrected chi connectivity index (χ4v) is 4.33. The molecule has 34 heavy (non-hydrogen) atoms. The number of carbonyl (C=O) groups is 3. The standard InChI is InChI=1S/C28H35NO5/c1-5-33-27(32)24-12-9-17-29(24)26(31)23(19-25(30)34-28(2,3)4)18-20-13-15-22(16-14-20)21-10-7-6-8-11-21/h6-8,10-11,13-16,23-24H,5,9,12,17-19H2,1-4H3/t23-,24+/m1/s1. The van der Waals surface area contributed by atoms with Crippen LogP contribution in [-0.4, -0.2) is 47.5 Å². The summed E-state index contributed by atoms with van der Waals surface area (Å²) in [6.45, 7) is 7.93. The molecule has 1 saturated heterocycles. The molecule has 1 aliphatic heterocycles. The Balaban J connectivity index is 1.79. The topological polar surface area (TPSA) is 72.9 Å². The Morgan fingerprint density at radius 1 is 1.00 bits per heavy atom. The van der Waals surface area contributed by atoms with Crippen LogP contribution >= 0.6 is 0 Å². The summed E-state index contributed by atoms with van der Waals surface area (Å²) in [6, 6.07) is 17.5. The van der Waals surface area contributed by atoms with E-state index in [1.165, 1.54) is 0 Å². The molecule has 1 amide bonds. The van der Waals surface area contributed by atoms with Crippen LogP contribution in [0.4, 0.5) is 0 Å². The Morgan fingerprint density at radius 2 is 1.65 bits per heavy atom.